The van der Waals surface area contributed by atoms with Gasteiger partial charge in [0.1, 0.15) is 0 Å². The Hall–Kier alpha value is -2.75. The monoisotopic (exact) mass is 553 g/mol. The van der Waals surface area contributed by atoms with Crippen molar-refractivity contribution in [2.24, 2.45) is 4.99 Å². The summed E-state index contributed by atoms with van der Waals surface area (Å²) in [6.07, 6.45) is -0.308. The summed E-state index contributed by atoms with van der Waals surface area (Å²) < 4.78 is 36.5. The van der Waals surface area contributed by atoms with E-state index in [1.807, 2.05) is 79.9 Å². The SMILES string of the molecule is C[C@@H]1CN(S(=O)(=O)c2cccc(-c3csc(=Nc4ccccc4)n3Cc3ccccc3Cl)c2)C[C@H](C)O1. The number of aromatic nitrogens is 1. The van der Waals surface area contributed by atoms with Gasteiger partial charge in [-0.25, -0.2) is 13.4 Å². The van der Waals surface area contributed by atoms with Crippen LogP contribution < -0.4 is 4.80 Å². The molecule has 37 heavy (non-hydrogen) atoms. The molecule has 0 radical (unpaired) electrons. The zero-order valence-electron chi connectivity index (χ0n) is 20.6. The summed E-state index contributed by atoms with van der Waals surface area (Å²) in [5, 5.41) is 2.69. The van der Waals surface area contributed by atoms with Gasteiger partial charge in [0.25, 0.3) is 0 Å². The van der Waals surface area contributed by atoms with Gasteiger partial charge in [-0.15, -0.1) is 11.3 Å². The molecular weight excluding hydrogens is 526 g/mol. The second-order valence-electron chi connectivity index (χ2n) is 9.14. The Labute approximate surface area is 226 Å². The molecule has 0 unspecified atom stereocenters. The summed E-state index contributed by atoms with van der Waals surface area (Å²) in [6.45, 7) is 4.97. The lowest BCUT2D eigenvalue weighted by atomic mass is 10.1. The average Bonchev–Trinajstić information content (AvgIpc) is 3.27. The maximum absolute atomic E-state index is 13.6. The molecule has 3 aromatic carbocycles. The molecule has 0 saturated carbocycles. The van der Waals surface area contributed by atoms with Crippen LogP contribution in [-0.4, -0.2) is 42.6 Å². The van der Waals surface area contributed by atoms with Crippen LogP contribution in [0.3, 0.4) is 0 Å². The van der Waals surface area contributed by atoms with E-state index in [1.165, 1.54) is 15.6 Å². The second-order valence-corrected chi connectivity index (χ2v) is 12.3. The Balaban J connectivity index is 1.59. The molecule has 9 heteroatoms. The number of benzene rings is 3. The predicted octanol–water partition coefficient (Wildman–Crippen LogP) is 5.95. The molecule has 0 amide bonds. The second kappa shape index (κ2) is 10.9. The molecular formula is C28H28ClN3O3S2. The third kappa shape index (κ3) is 5.73. The van der Waals surface area contributed by atoms with Crippen LogP contribution in [0.4, 0.5) is 5.69 Å². The largest absolute Gasteiger partial charge is 0.373 e. The zero-order valence-corrected chi connectivity index (χ0v) is 23.0. The van der Waals surface area contributed by atoms with Gasteiger partial charge in [0.05, 0.1) is 35.0 Å². The first-order valence-corrected chi connectivity index (χ1v) is 14.8. The Bertz CT molecular complexity index is 1550. The smallest absolute Gasteiger partial charge is 0.243 e. The number of thiazole rings is 1. The van der Waals surface area contributed by atoms with Crippen molar-refractivity contribution in [3.63, 3.8) is 0 Å². The number of sulfonamides is 1. The van der Waals surface area contributed by atoms with E-state index in [-0.39, 0.29) is 17.1 Å². The Kier molecular flexibility index (Phi) is 7.65. The van der Waals surface area contributed by atoms with Crippen molar-refractivity contribution in [1.82, 2.24) is 8.87 Å². The maximum Gasteiger partial charge on any atom is 0.243 e. The highest BCUT2D eigenvalue weighted by Crippen LogP contribution is 2.28. The number of halogens is 1. The molecule has 2 atom stereocenters. The Morgan fingerprint density at radius 2 is 1.68 bits per heavy atom. The van der Waals surface area contributed by atoms with Crippen LogP contribution in [0.25, 0.3) is 11.3 Å². The molecule has 6 nitrogen and oxygen atoms in total. The minimum Gasteiger partial charge on any atom is -0.373 e. The maximum atomic E-state index is 13.6. The summed E-state index contributed by atoms with van der Waals surface area (Å²) in [6, 6.07) is 24.6. The number of nitrogens with zero attached hydrogens (tertiary/aromatic N) is 3. The van der Waals surface area contributed by atoms with Gasteiger partial charge < -0.3 is 9.30 Å². The van der Waals surface area contributed by atoms with Crippen molar-refractivity contribution in [2.75, 3.05) is 13.1 Å². The molecule has 1 aliphatic rings. The number of ether oxygens (including phenoxy) is 1. The van der Waals surface area contributed by atoms with Gasteiger partial charge in [0.2, 0.25) is 10.0 Å². The van der Waals surface area contributed by atoms with Crippen LogP contribution in [0.1, 0.15) is 19.4 Å². The molecule has 0 bridgehead atoms. The first kappa shape index (κ1) is 25.9. The van der Waals surface area contributed by atoms with Crippen molar-refractivity contribution in [1.29, 1.82) is 0 Å². The number of morpholine rings is 1. The lowest BCUT2D eigenvalue weighted by molar-refractivity contribution is -0.0440. The van der Waals surface area contributed by atoms with E-state index in [1.54, 1.807) is 18.2 Å². The topological polar surface area (TPSA) is 63.9 Å². The van der Waals surface area contributed by atoms with Crippen LogP contribution >= 0.6 is 22.9 Å². The number of para-hydroxylation sites is 1. The lowest BCUT2D eigenvalue weighted by Crippen LogP contribution is -2.48. The summed E-state index contributed by atoms with van der Waals surface area (Å²) in [5.41, 5.74) is 3.47. The molecule has 1 aromatic heterocycles. The van der Waals surface area contributed by atoms with E-state index in [4.69, 9.17) is 21.3 Å². The summed E-state index contributed by atoms with van der Waals surface area (Å²) >= 11 is 8.02. The molecule has 0 spiro atoms. The molecule has 192 valence electrons. The van der Waals surface area contributed by atoms with Crippen LogP contribution in [0.5, 0.6) is 0 Å². The highest BCUT2D eigenvalue weighted by atomic mass is 35.5. The molecule has 5 rings (SSSR count). The van der Waals surface area contributed by atoms with Gasteiger partial charge in [0, 0.05) is 29.1 Å². The molecule has 1 fully saturated rings. The quantitative estimate of drug-likeness (QED) is 0.296. The first-order valence-electron chi connectivity index (χ1n) is 12.1. The van der Waals surface area contributed by atoms with Gasteiger partial charge in [-0.2, -0.15) is 4.31 Å². The summed E-state index contributed by atoms with van der Waals surface area (Å²) in [4.78, 5) is 5.94. The minimum atomic E-state index is -3.68. The van der Waals surface area contributed by atoms with Gasteiger partial charge in [0.15, 0.2) is 4.80 Å². The van der Waals surface area contributed by atoms with E-state index >= 15 is 0 Å². The van der Waals surface area contributed by atoms with Crippen molar-refractivity contribution in [3.8, 4) is 11.3 Å². The Morgan fingerprint density at radius 1 is 0.973 bits per heavy atom. The first-order chi connectivity index (χ1) is 17.8. The van der Waals surface area contributed by atoms with Gasteiger partial charge in [-0.05, 0) is 49.7 Å². The van der Waals surface area contributed by atoms with E-state index < -0.39 is 10.0 Å². The highest BCUT2D eigenvalue weighted by Gasteiger charge is 2.32. The summed E-state index contributed by atoms with van der Waals surface area (Å²) in [5.74, 6) is 0. The van der Waals surface area contributed by atoms with E-state index in [2.05, 4.69) is 4.57 Å². The van der Waals surface area contributed by atoms with Gasteiger partial charge in [-0.1, -0.05) is 60.1 Å². The molecule has 4 aromatic rings. The van der Waals surface area contributed by atoms with Crippen molar-refractivity contribution in [2.45, 2.75) is 37.5 Å². The molecule has 1 saturated heterocycles. The van der Waals surface area contributed by atoms with Crippen LogP contribution in [0.15, 0.2) is 94.1 Å². The fraction of sp³-hybridized carbons (Fsp3) is 0.250. The Morgan fingerprint density at radius 3 is 2.41 bits per heavy atom. The third-order valence-electron chi connectivity index (χ3n) is 6.22. The van der Waals surface area contributed by atoms with E-state index in [9.17, 15) is 8.42 Å². The lowest BCUT2D eigenvalue weighted by Gasteiger charge is -2.34. The fourth-order valence-corrected chi connectivity index (χ4v) is 7.27. The average molecular weight is 554 g/mol. The normalized spacial score (nSPS) is 19.3. The minimum absolute atomic E-state index is 0.154. The van der Waals surface area contributed by atoms with Crippen molar-refractivity contribution in [3.05, 3.63) is 99.6 Å². The van der Waals surface area contributed by atoms with Crippen LogP contribution in [0, 0.1) is 0 Å². The number of hydrogen-bond donors (Lipinski definition) is 0. The van der Waals surface area contributed by atoms with E-state index in [0.29, 0.717) is 24.7 Å². The van der Waals surface area contributed by atoms with Gasteiger partial charge in [-0.3, -0.25) is 0 Å². The molecule has 2 heterocycles. The number of rotatable bonds is 6. The van der Waals surface area contributed by atoms with E-state index in [0.717, 1.165) is 27.3 Å². The standard InChI is InChI=1S/C28H28ClN3O3S2/c1-20-16-31(17-21(2)35-20)37(33,34)25-13-8-10-22(15-25)27-19-36-28(30-24-11-4-3-5-12-24)32(27)18-23-9-6-7-14-26(23)29/h3-15,19-21H,16-18H2,1-2H3/t20-,21+. The molecule has 1 aliphatic heterocycles. The zero-order chi connectivity index (χ0) is 26.0. The third-order valence-corrected chi connectivity index (χ3v) is 9.28. The van der Waals surface area contributed by atoms with Crippen LogP contribution in [0.2, 0.25) is 5.02 Å². The summed E-state index contributed by atoms with van der Waals surface area (Å²) in [7, 11) is -3.68. The van der Waals surface area contributed by atoms with Crippen molar-refractivity contribution >= 4 is 38.6 Å². The predicted molar refractivity (Wildman–Crippen MR) is 149 cm³/mol. The fourth-order valence-electron chi connectivity index (χ4n) is 4.50. The number of hydrogen-bond acceptors (Lipinski definition) is 5. The van der Waals surface area contributed by atoms with Crippen LogP contribution in [-0.2, 0) is 21.3 Å². The molecule has 0 N–H and O–H groups in total. The van der Waals surface area contributed by atoms with Gasteiger partial charge >= 0.3 is 0 Å². The highest BCUT2D eigenvalue weighted by molar-refractivity contribution is 7.89. The van der Waals surface area contributed by atoms with Crippen molar-refractivity contribution < 1.29 is 13.2 Å². The molecule has 0 aliphatic carbocycles.